The maximum Gasteiger partial charge on any atom is 0.163 e. The number of aromatic carboxylic acids is 1. The Morgan fingerprint density at radius 2 is 1.65 bits per heavy atom. The molecule has 0 spiro atoms. The standard InChI is InChI=1S/C12H14O3.C6H12N2/c1-2-3-8-11(13)9-6-4-5-7-10(9)12(14)15;1-2-8-5-3-7(1)4-6-8/h4-7H,2-3,8H2,1H3,(H,14,15);1-6H2. The van der Waals surface area contributed by atoms with Gasteiger partial charge in [-0.25, -0.2) is 0 Å². The molecule has 0 amide bonds. The molecule has 3 heterocycles. The average molecular weight is 318 g/mol. The van der Waals surface area contributed by atoms with Crippen LogP contribution < -0.4 is 10.0 Å². The van der Waals surface area contributed by atoms with Crippen molar-refractivity contribution < 1.29 is 19.6 Å². The molecular formula is C18H26N2O3. The number of benzene rings is 1. The molecule has 0 saturated carbocycles. The fourth-order valence-electron chi connectivity index (χ4n) is 3.04. The van der Waals surface area contributed by atoms with Crippen LogP contribution in [0, 0.1) is 0 Å². The van der Waals surface area contributed by atoms with Crippen LogP contribution in [-0.2, 0) is 0 Å². The van der Waals surface area contributed by atoms with Crippen LogP contribution in [0.3, 0.4) is 0 Å². The van der Waals surface area contributed by atoms with Crippen molar-refractivity contribution in [2.24, 2.45) is 0 Å². The van der Waals surface area contributed by atoms with Crippen molar-refractivity contribution in [1.82, 2.24) is 4.90 Å². The van der Waals surface area contributed by atoms with Crippen LogP contribution in [0.25, 0.3) is 0 Å². The maximum atomic E-state index is 11.6. The van der Waals surface area contributed by atoms with Crippen LogP contribution in [0.1, 0.15) is 46.9 Å². The van der Waals surface area contributed by atoms with Crippen molar-refractivity contribution in [3.05, 3.63) is 35.4 Å². The van der Waals surface area contributed by atoms with Crippen molar-refractivity contribution in [3.8, 4) is 0 Å². The zero-order valence-electron chi connectivity index (χ0n) is 13.8. The third kappa shape index (κ3) is 5.15. The number of ketones is 1. The number of fused-ring (bicyclic) bond motifs is 3. The SMILES string of the molecule is C1C[NH+]2CCN1CC2.CCCCC(=O)c1ccccc1C(=O)[O-]. The Kier molecular flexibility index (Phi) is 6.74. The molecule has 5 nitrogen and oxygen atoms in total. The van der Waals surface area contributed by atoms with Gasteiger partial charge in [0.05, 0.1) is 25.6 Å². The molecule has 3 aliphatic heterocycles. The minimum Gasteiger partial charge on any atom is -0.545 e. The number of nitrogens with one attached hydrogen (secondary N) is 1. The molecule has 0 aromatic heterocycles. The van der Waals surface area contributed by atoms with Gasteiger partial charge in [-0.05, 0) is 6.42 Å². The number of carbonyl (C=O) groups excluding carboxylic acids is 2. The second-order valence-electron chi connectivity index (χ2n) is 6.20. The van der Waals surface area contributed by atoms with Crippen LogP contribution in [0.4, 0.5) is 0 Å². The monoisotopic (exact) mass is 318 g/mol. The van der Waals surface area contributed by atoms with E-state index in [4.69, 9.17) is 0 Å². The van der Waals surface area contributed by atoms with Gasteiger partial charge in [-0.2, -0.15) is 0 Å². The fourth-order valence-corrected chi connectivity index (χ4v) is 3.04. The minimum absolute atomic E-state index is 0.0152. The predicted octanol–water partition coefficient (Wildman–Crippen LogP) is -0.376. The second kappa shape index (κ2) is 8.79. The van der Waals surface area contributed by atoms with Gasteiger partial charge < -0.3 is 14.8 Å². The van der Waals surface area contributed by atoms with E-state index in [2.05, 4.69) is 4.90 Å². The molecule has 3 fully saturated rings. The topological polar surface area (TPSA) is 64.9 Å². The van der Waals surface area contributed by atoms with Gasteiger partial charge in [0, 0.05) is 37.2 Å². The van der Waals surface area contributed by atoms with Gasteiger partial charge in [-0.1, -0.05) is 37.6 Å². The molecule has 1 N–H and O–H groups in total. The first kappa shape index (κ1) is 17.6. The molecule has 3 aliphatic rings. The Bertz CT molecular complexity index is 514. The van der Waals surface area contributed by atoms with Gasteiger partial charge in [0.25, 0.3) is 0 Å². The van der Waals surface area contributed by atoms with E-state index in [1.807, 2.05) is 11.8 Å². The lowest BCUT2D eigenvalue weighted by Crippen LogP contribution is -3.17. The van der Waals surface area contributed by atoms with E-state index in [1.165, 1.54) is 51.4 Å². The molecule has 0 aliphatic carbocycles. The highest BCUT2D eigenvalue weighted by molar-refractivity contribution is 6.05. The molecule has 0 atom stereocenters. The van der Waals surface area contributed by atoms with E-state index in [-0.39, 0.29) is 16.9 Å². The summed E-state index contributed by atoms with van der Waals surface area (Å²) in [4.78, 5) is 26.8. The Balaban J connectivity index is 0.000000198. The first-order valence-corrected chi connectivity index (χ1v) is 8.51. The quantitative estimate of drug-likeness (QED) is 0.752. The van der Waals surface area contributed by atoms with Crippen molar-refractivity contribution >= 4 is 11.8 Å². The highest BCUT2D eigenvalue weighted by atomic mass is 16.4. The molecule has 2 bridgehead atoms. The van der Waals surface area contributed by atoms with Crippen LogP contribution in [0.15, 0.2) is 24.3 Å². The van der Waals surface area contributed by atoms with E-state index >= 15 is 0 Å². The maximum absolute atomic E-state index is 11.6. The lowest BCUT2D eigenvalue weighted by atomic mass is 10.0. The van der Waals surface area contributed by atoms with Gasteiger partial charge in [0.2, 0.25) is 0 Å². The van der Waals surface area contributed by atoms with E-state index in [1.54, 1.807) is 12.1 Å². The van der Waals surface area contributed by atoms with Crippen LogP contribution in [0.5, 0.6) is 0 Å². The van der Waals surface area contributed by atoms with Gasteiger partial charge in [-0.15, -0.1) is 0 Å². The minimum atomic E-state index is -1.30. The zero-order chi connectivity index (χ0) is 16.7. The summed E-state index contributed by atoms with van der Waals surface area (Å²) in [6.07, 6.45) is 2.08. The zero-order valence-corrected chi connectivity index (χ0v) is 13.8. The summed E-state index contributed by atoms with van der Waals surface area (Å²) in [5.74, 6) is -1.42. The number of carboxylic acid groups (broad SMARTS) is 1. The van der Waals surface area contributed by atoms with Gasteiger partial charge >= 0.3 is 0 Å². The van der Waals surface area contributed by atoms with Crippen LogP contribution >= 0.6 is 0 Å². The van der Waals surface area contributed by atoms with Crippen LogP contribution in [-0.4, -0.2) is 55.9 Å². The van der Waals surface area contributed by atoms with Gasteiger partial charge in [0.1, 0.15) is 0 Å². The number of hydrogen-bond acceptors (Lipinski definition) is 4. The molecule has 0 radical (unpaired) electrons. The van der Waals surface area contributed by atoms with E-state index in [9.17, 15) is 14.7 Å². The van der Waals surface area contributed by atoms with E-state index in [0.717, 1.165) is 12.8 Å². The second-order valence-corrected chi connectivity index (χ2v) is 6.20. The number of carbonyl (C=O) groups is 2. The molecule has 4 rings (SSSR count). The third-order valence-electron chi connectivity index (χ3n) is 4.55. The van der Waals surface area contributed by atoms with Crippen LogP contribution in [0.2, 0.25) is 0 Å². The molecule has 5 heteroatoms. The third-order valence-corrected chi connectivity index (χ3v) is 4.55. The highest BCUT2D eigenvalue weighted by Crippen LogP contribution is 2.12. The molecule has 0 unspecified atom stereocenters. The smallest absolute Gasteiger partial charge is 0.163 e. The summed E-state index contributed by atoms with van der Waals surface area (Å²) < 4.78 is 0. The fraction of sp³-hybridized carbons (Fsp3) is 0.556. The molecule has 1 aromatic carbocycles. The number of unbranched alkanes of at least 4 members (excludes halogenated alkanes) is 1. The van der Waals surface area contributed by atoms with Gasteiger partial charge in [0.15, 0.2) is 5.78 Å². The molecule has 23 heavy (non-hydrogen) atoms. The largest absolute Gasteiger partial charge is 0.545 e. The summed E-state index contributed by atoms with van der Waals surface area (Å²) in [6.45, 7) is 10.3. The van der Waals surface area contributed by atoms with Crippen molar-refractivity contribution in [1.29, 1.82) is 0 Å². The predicted molar refractivity (Wildman–Crippen MR) is 86.6 cm³/mol. The number of rotatable bonds is 5. The number of hydrogen-bond donors (Lipinski definition) is 1. The summed E-state index contributed by atoms with van der Waals surface area (Å²) >= 11 is 0. The van der Waals surface area contributed by atoms with Crippen molar-refractivity contribution in [2.75, 3.05) is 39.3 Å². The lowest BCUT2D eigenvalue weighted by molar-refractivity contribution is -0.914. The summed E-state index contributed by atoms with van der Waals surface area (Å²) in [5.41, 5.74) is 0.240. The normalized spacial score (nSPS) is 22.1. The summed E-state index contributed by atoms with van der Waals surface area (Å²) in [6, 6.07) is 6.17. The number of nitrogens with zero attached hydrogens (tertiary/aromatic N) is 1. The number of Topliss-reactive ketones (excluding diaryl/α,β-unsaturated/α-hetero) is 1. The average Bonchev–Trinajstić information content (AvgIpc) is 2.62. The molecule has 1 aromatic rings. The molecular weight excluding hydrogens is 292 g/mol. The number of quaternary nitrogens is 1. The Labute approximate surface area is 137 Å². The Morgan fingerprint density at radius 3 is 2.04 bits per heavy atom. The van der Waals surface area contributed by atoms with E-state index < -0.39 is 5.97 Å². The van der Waals surface area contributed by atoms with Crippen molar-refractivity contribution in [3.63, 3.8) is 0 Å². The Morgan fingerprint density at radius 1 is 1.09 bits per heavy atom. The number of carboxylic acids is 1. The summed E-state index contributed by atoms with van der Waals surface area (Å²) in [7, 11) is 0. The molecule has 126 valence electrons. The van der Waals surface area contributed by atoms with Gasteiger partial charge in [-0.3, -0.25) is 9.69 Å². The first-order chi connectivity index (χ1) is 11.1. The Hall–Kier alpha value is -1.72. The first-order valence-electron chi connectivity index (χ1n) is 8.51. The van der Waals surface area contributed by atoms with Crippen molar-refractivity contribution in [2.45, 2.75) is 26.2 Å². The molecule has 3 saturated heterocycles. The summed E-state index contributed by atoms with van der Waals surface area (Å²) in [5, 5.41) is 10.7. The van der Waals surface area contributed by atoms with E-state index in [0.29, 0.717) is 6.42 Å². The highest BCUT2D eigenvalue weighted by Gasteiger charge is 2.25. The number of piperazine rings is 3. The lowest BCUT2D eigenvalue weighted by Gasteiger charge is -2.38.